The Balaban J connectivity index is 1.44. The Morgan fingerprint density at radius 2 is 1.80 bits per heavy atom. The van der Waals surface area contributed by atoms with Crippen molar-refractivity contribution in [1.29, 1.82) is 0 Å². The van der Waals surface area contributed by atoms with E-state index in [1.165, 1.54) is 43.7 Å². The standard InChI is InChI=1S/C27H28F4N4O5/c1-16-13-39-15-21(16)25(37)35-26(40-14-18-3-5-19(28)6-4-18)17(2)23(32-35)20-11-34(24(20)27(29,30)31)22(36)12-33-7-9-38-10-8-33/h3-6,13,15,20,24H,7-12,14H2,1-2H3. The molecule has 0 spiro atoms. The van der Waals surface area contributed by atoms with E-state index in [1.54, 1.807) is 11.8 Å². The summed E-state index contributed by atoms with van der Waals surface area (Å²) in [6.07, 6.45) is -2.13. The molecule has 2 unspecified atom stereocenters. The second kappa shape index (κ2) is 11.0. The minimum Gasteiger partial charge on any atom is -0.472 e. The van der Waals surface area contributed by atoms with Crippen molar-refractivity contribution in [3.8, 4) is 5.88 Å². The summed E-state index contributed by atoms with van der Waals surface area (Å²) in [7, 11) is 0. The fourth-order valence-electron chi connectivity index (χ4n) is 5.03. The van der Waals surface area contributed by atoms with Crippen molar-refractivity contribution < 1.29 is 41.0 Å². The summed E-state index contributed by atoms with van der Waals surface area (Å²) in [4.78, 5) is 28.8. The number of aryl methyl sites for hydroxylation is 1. The van der Waals surface area contributed by atoms with E-state index in [4.69, 9.17) is 13.9 Å². The molecule has 0 radical (unpaired) electrons. The second-order valence-electron chi connectivity index (χ2n) is 9.94. The maximum absolute atomic E-state index is 14.3. The van der Waals surface area contributed by atoms with Gasteiger partial charge in [0.05, 0.1) is 43.2 Å². The molecule has 2 saturated heterocycles. The maximum Gasteiger partial charge on any atom is 0.409 e. The lowest BCUT2D eigenvalue weighted by Gasteiger charge is -2.48. The number of alkyl halides is 3. The van der Waals surface area contributed by atoms with Gasteiger partial charge >= 0.3 is 6.18 Å². The molecule has 40 heavy (non-hydrogen) atoms. The summed E-state index contributed by atoms with van der Waals surface area (Å²) >= 11 is 0. The number of amides is 1. The van der Waals surface area contributed by atoms with Crippen molar-refractivity contribution in [2.45, 2.75) is 38.6 Å². The van der Waals surface area contributed by atoms with Crippen LogP contribution in [-0.2, 0) is 16.1 Å². The monoisotopic (exact) mass is 564 g/mol. The van der Waals surface area contributed by atoms with E-state index in [0.717, 1.165) is 9.58 Å². The minimum atomic E-state index is -4.72. The van der Waals surface area contributed by atoms with Crippen molar-refractivity contribution >= 4 is 11.8 Å². The number of benzene rings is 1. The van der Waals surface area contributed by atoms with E-state index in [2.05, 4.69) is 5.10 Å². The molecule has 2 aromatic heterocycles. The lowest BCUT2D eigenvalue weighted by Crippen LogP contribution is -2.65. The third-order valence-corrected chi connectivity index (χ3v) is 7.25. The molecule has 2 aliphatic rings. The number of ether oxygens (including phenoxy) is 2. The first-order valence-corrected chi connectivity index (χ1v) is 12.7. The zero-order chi connectivity index (χ0) is 28.6. The number of hydrogen-bond donors (Lipinski definition) is 0. The molecule has 214 valence electrons. The number of halogens is 4. The molecule has 0 saturated carbocycles. The number of nitrogens with zero attached hydrogens (tertiary/aromatic N) is 4. The van der Waals surface area contributed by atoms with Gasteiger partial charge in [0.15, 0.2) is 0 Å². The quantitative estimate of drug-likeness (QED) is 0.405. The normalized spacial score (nSPS) is 19.9. The summed E-state index contributed by atoms with van der Waals surface area (Å²) in [6, 6.07) is 3.40. The predicted molar refractivity (Wildman–Crippen MR) is 132 cm³/mol. The third kappa shape index (κ3) is 5.48. The molecule has 1 aromatic carbocycles. The average molecular weight is 565 g/mol. The molecule has 9 nitrogen and oxygen atoms in total. The molecule has 4 heterocycles. The summed E-state index contributed by atoms with van der Waals surface area (Å²) in [5.41, 5.74) is 1.53. The average Bonchev–Trinajstić information content (AvgIpc) is 3.45. The van der Waals surface area contributed by atoms with Gasteiger partial charge in [-0.25, -0.2) is 4.39 Å². The van der Waals surface area contributed by atoms with Crippen LogP contribution in [0.1, 0.15) is 38.7 Å². The van der Waals surface area contributed by atoms with Gasteiger partial charge in [0.1, 0.15) is 24.7 Å². The second-order valence-corrected chi connectivity index (χ2v) is 9.94. The number of rotatable bonds is 7. The van der Waals surface area contributed by atoms with E-state index >= 15 is 0 Å². The van der Waals surface area contributed by atoms with Crippen LogP contribution in [0.3, 0.4) is 0 Å². The Morgan fingerprint density at radius 3 is 2.42 bits per heavy atom. The van der Waals surface area contributed by atoms with Crippen molar-refractivity contribution in [3.05, 3.63) is 70.6 Å². The largest absolute Gasteiger partial charge is 0.472 e. The molecule has 0 aliphatic carbocycles. The molecule has 2 fully saturated rings. The first kappa shape index (κ1) is 27.8. The highest BCUT2D eigenvalue weighted by atomic mass is 19.4. The van der Waals surface area contributed by atoms with Gasteiger partial charge in [0.25, 0.3) is 5.91 Å². The molecule has 1 amide bonds. The Hall–Kier alpha value is -3.71. The van der Waals surface area contributed by atoms with Crippen LogP contribution in [0.15, 0.2) is 41.2 Å². The van der Waals surface area contributed by atoms with Crippen LogP contribution in [0.5, 0.6) is 5.88 Å². The maximum atomic E-state index is 14.3. The van der Waals surface area contributed by atoms with Crippen LogP contribution in [0.2, 0.25) is 0 Å². The van der Waals surface area contributed by atoms with Crippen LogP contribution in [-0.4, -0.2) is 83.0 Å². The van der Waals surface area contributed by atoms with Gasteiger partial charge in [-0.3, -0.25) is 14.5 Å². The molecule has 3 aromatic rings. The van der Waals surface area contributed by atoms with Gasteiger partial charge < -0.3 is 18.8 Å². The Bertz CT molecular complexity index is 1380. The van der Waals surface area contributed by atoms with Gasteiger partial charge in [-0.15, -0.1) is 0 Å². The zero-order valence-electron chi connectivity index (χ0n) is 21.9. The highest BCUT2D eigenvalue weighted by Crippen LogP contribution is 2.45. The third-order valence-electron chi connectivity index (χ3n) is 7.25. The van der Waals surface area contributed by atoms with Gasteiger partial charge in [-0.2, -0.15) is 23.0 Å². The Morgan fingerprint density at radius 1 is 1.10 bits per heavy atom. The van der Waals surface area contributed by atoms with Crippen LogP contribution in [0, 0.1) is 19.7 Å². The summed E-state index contributed by atoms with van der Waals surface area (Å²) in [5, 5.41) is 4.30. The van der Waals surface area contributed by atoms with Gasteiger partial charge in [0, 0.05) is 30.8 Å². The smallest absolute Gasteiger partial charge is 0.409 e. The van der Waals surface area contributed by atoms with Crippen LogP contribution >= 0.6 is 0 Å². The lowest BCUT2D eigenvalue weighted by molar-refractivity contribution is -0.220. The van der Waals surface area contributed by atoms with Gasteiger partial charge in [0.2, 0.25) is 11.8 Å². The van der Waals surface area contributed by atoms with E-state index in [-0.39, 0.29) is 42.4 Å². The molecular weight excluding hydrogens is 536 g/mol. The topological polar surface area (TPSA) is 90.0 Å². The van der Waals surface area contributed by atoms with Crippen LogP contribution < -0.4 is 4.74 Å². The molecular formula is C27H28F4N4O5. The first-order valence-electron chi connectivity index (χ1n) is 12.7. The number of carbonyl (C=O) groups is 2. The van der Waals surface area contributed by atoms with Gasteiger partial charge in [-0.1, -0.05) is 12.1 Å². The van der Waals surface area contributed by atoms with Crippen molar-refractivity contribution in [2.75, 3.05) is 39.4 Å². The van der Waals surface area contributed by atoms with Crippen molar-refractivity contribution in [2.24, 2.45) is 0 Å². The molecule has 2 atom stereocenters. The van der Waals surface area contributed by atoms with Crippen molar-refractivity contribution in [1.82, 2.24) is 19.6 Å². The van der Waals surface area contributed by atoms with Crippen LogP contribution in [0.4, 0.5) is 17.6 Å². The van der Waals surface area contributed by atoms with Crippen LogP contribution in [0.25, 0.3) is 0 Å². The number of morpholine rings is 1. The Labute approximate surface area is 227 Å². The molecule has 2 aliphatic heterocycles. The fourth-order valence-corrected chi connectivity index (χ4v) is 5.03. The number of aromatic nitrogens is 2. The minimum absolute atomic E-state index is 0.0151. The predicted octanol–water partition coefficient (Wildman–Crippen LogP) is 3.69. The van der Waals surface area contributed by atoms with E-state index < -0.39 is 35.8 Å². The lowest BCUT2D eigenvalue weighted by atomic mass is 9.83. The summed E-state index contributed by atoms with van der Waals surface area (Å²) < 4.78 is 73.4. The zero-order valence-corrected chi connectivity index (χ0v) is 21.9. The number of carbonyl (C=O) groups excluding carboxylic acids is 2. The number of likely N-dealkylation sites (tertiary alicyclic amines) is 1. The van der Waals surface area contributed by atoms with E-state index in [1.807, 2.05) is 0 Å². The Kier molecular flexibility index (Phi) is 7.69. The SMILES string of the molecule is Cc1cocc1C(=O)n1nc(C2CN(C(=O)CN3CCOCC3)C2C(F)(F)F)c(C)c1OCc1ccc(F)cc1. The first-order chi connectivity index (χ1) is 19.0. The fraction of sp³-hybridized carbons (Fsp3) is 0.444. The molecule has 0 bridgehead atoms. The van der Waals surface area contributed by atoms with Gasteiger partial charge in [-0.05, 0) is 31.5 Å². The molecule has 13 heteroatoms. The van der Waals surface area contributed by atoms with Crippen molar-refractivity contribution in [3.63, 3.8) is 0 Å². The van der Waals surface area contributed by atoms with E-state index in [9.17, 15) is 27.2 Å². The highest BCUT2D eigenvalue weighted by Gasteiger charge is 2.59. The number of furan rings is 1. The molecule has 0 N–H and O–H groups in total. The molecule has 5 rings (SSSR count). The number of hydrogen-bond acceptors (Lipinski definition) is 7. The van der Waals surface area contributed by atoms with E-state index in [0.29, 0.717) is 37.4 Å². The summed E-state index contributed by atoms with van der Waals surface area (Å²) in [6.45, 7) is 4.52. The summed E-state index contributed by atoms with van der Waals surface area (Å²) in [5.74, 6) is -2.94. The highest BCUT2D eigenvalue weighted by molar-refractivity contribution is 5.97.